The van der Waals surface area contributed by atoms with Crippen LogP contribution < -0.4 is 10.6 Å². The van der Waals surface area contributed by atoms with Gasteiger partial charge < -0.3 is 15.7 Å². The highest BCUT2D eigenvalue weighted by atomic mass is 19.1. The van der Waals surface area contributed by atoms with Gasteiger partial charge in [-0.1, -0.05) is 6.92 Å². The van der Waals surface area contributed by atoms with Crippen LogP contribution in [0.4, 0.5) is 9.18 Å². The SMILES string of the molecule is C[C@@H]1CC2(CCNCC2)[C@@H](NC(=O)O)[C@H]1F. The van der Waals surface area contributed by atoms with E-state index in [0.717, 1.165) is 32.4 Å². The molecule has 1 spiro atoms. The summed E-state index contributed by atoms with van der Waals surface area (Å²) in [6.07, 6.45) is 0.362. The molecule has 1 aliphatic heterocycles. The van der Waals surface area contributed by atoms with E-state index in [2.05, 4.69) is 10.6 Å². The van der Waals surface area contributed by atoms with Crippen LogP contribution in [0.5, 0.6) is 0 Å². The van der Waals surface area contributed by atoms with E-state index in [4.69, 9.17) is 5.11 Å². The number of carboxylic acid groups (broad SMARTS) is 1. The molecule has 0 aromatic carbocycles. The summed E-state index contributed by atoms with van der Waals surface area (Å²) in [5, 5.41) is 14.4. The van der Waals surface area contributed by atoms with Crippen LogP contribution in [0.1, 0.15) is 26.2 Å². The minimum Gasteiger partial charge on any atom is -0.465 e. The summed E-state index contributed by atoms with van der Waals surface area (Å²) in [5.41, 5.74) is -0.164. The minimum atomic E-state index is -1.11. The Labute approximate surface area is 94.6 Å². The van der Waals surface area contributed by atoms with Crippen LogP contribution in [0, 0.1) is 11.3 Å². The first-order chi connectivity index (χ1) is 7.55. The molecular formula is C11H19FN2O2. The number of amides is 1. The van der Waals surface area contributed by atoms with Gasteiger partial charge in [0, 0.05) is 0 Å². The molecule has 1 amide bonds. The van der Waals surface area contributed by atoms with Gasteiger partial charge in [0.2, 0.25) is 0 Å². The Bertz CT molecular complexity index is 279. The number of rotatable bonds is 1. The molecule has 3 atom stereocenters. The van der Waals surface area contributed by atoms with Gasteiger partial charge in [0.1, 0.15) is 6.17 Å². The fourth-order valence-electron chi connectivity index (χ4n) is 3.35. The first-order valence-electron chi connectivity index (χ1n) is 5.89. The second-order valence-corrected chi connectivity index (χ2v) is 5.17. The van der Waals surface area contributed by atoms with E-state index in [-0.39, 0.29) is 11.3 Å². The number of carbonyl (C=O) groups is 1. The lowest BCUT2D eigenvalue weighted by Gasteiger charge is -2.39. The molecule has 2 rings (SSSR count). The maximum absolute atomic E-state index is 14.0. The smallest absolute Gasteiger partial charge is 0.404 e. The van der Waals surface area contributed by atoms with E-state index in [1.807, 2.05) is 6.92 Å². The Kier molecular flexibility index (Phi) is 3.06. The van der Waals surface area contributed by atoms with Crippen LogP contribution in [0.3, 0.4) is 0 Å². The van der Waals surface area contributed by atoms with Gasteiger partial charge in [-0.15, -0.1) is 0 Å². The number of alkyl halides is 1. The van der Waals surface area contributed by atoms with Crippen molar-refractivity contribution in [3.05, 3.63) is 0 Å². The summed E-state index contributed by atoms with van der Waals surface area (Å²) >= 11 is 0. The molecule has 5 heteroatoms. The minimum absolute atomic E-state index is 0.0463. The molecule has 3 N–H and O–H groups in total. The monoisotopic (exact) mass is 230 g/mol. The van der Waals surface area contributed by atoms with Crippen LogP contribution in [0.25, 0.3) is 0 Å². The predicted molar refractivity (Wildman–Crippen MR) is 58.2 cm³/mol. The van der Waals surface area contributed by atoms with Gasteiger partial charge in [0.25, 0.3) is 0 Å². The van der Waals surface area contributed by atoms with Crippen molar-refractivity contribution in [3.8, 4) is 0 Å². The number of hydrogen-bond acceptors (Lipinski definition) is 2. The lowest BCUT2D eigenvalue weighted by Crippen LogP contribution is -2.52. The molecule has 0 aromatic rings. The largest absolute Gasteiger partial charge is 0.465 e. The molecule has 4 nitrogen and oxygen atoms in total. The van der Waals surface area contributed by atoms with Gasteiger partial charge in [-0.25, -0.2) is 9.18 Å². The standard InChI is InChI=1S/C11H19FN2O2/c1-7-6-11(2-4-13-5-3-11)9(8(7)12)14-10(15)16/h7-9,13-14H,2-6H2,1H3,(H,15,16)/t7-,8+,9+/m1/s1. The normalized spacial score (nSPS) is 37.5. The summed E-state index contributed by atoms with van der Waals surface area (Å²) in [4.78, 5) is 10.7. The number of piperidine rings is 1. The van der Waals surface area contributed by atoms with Crippen molar-refractivity contribution in [1.29, 1.82) is 0 Å². The maximum atomic E-state index is 14.0. The molecule has 1 aliphatic carbocycles. The van der Waals surface area contributed by atoms with Gasteiger partial charge in [0.15, 0.2) is 0 Å². The first kappa shape index (κ1) is 11.6. The highest BCUT2D eigenvalue weighted by Gasteiger charge is 2.53. The average molecular weight is 230 g/mol. The highest BCUT2D eigenvalue weighted by molar-refractivity contribution is 5.65. The van der Waals surface area contributed by atoms with Crippen molar-refractivity contribution >= 4 is 6.09 Å². The fourth-order valence-corrected chi connectivity index (χ4v) is 3.35. The quantitative estimate of drug-likeness (QED) is 0.637. The summed E-state index contributed by atoms with van der Waals surface area (Å²) in [5.74, 6) is -0.0463. The van der Waals surface area contributed by atoms with Gasteiger partial charge in [0.05, 0.1) is 6.04 Å². The molecular weight excluding hydrogens is 211 g/mol. The lowest BCUT2D eigenvalue weighted by molar-refractivity contribution is 0.118. The molecule has 1 heterocycles. The van der Waals surface area contributed by atoms with Crippen molar-refractivity contribution in [2.24, 2.45) is 11.3 Å². The molecule has 16 heavy (non-hydrogen) atoms. The Balaban J connectivity index is 2.17. The third-order valence-electron chi connectivity index (χ3n) is 4.13. The third-order valence-corrected chi connectivity index (χ3v) is 4.13. The molecule has 2 aliphatic rings. The Morgan fingerprint density at radius 3 is 2.69 bits per heavy atom. The predicted octanol–water partition coefficient (Wildman–Crippen LogP) is 1.37. The summed E-state index contributed by atoms with van der Waals surface area (Å²) < 4.78 is 14.0. The molecule has 0 bridgehead atoms. The van der Waals surface area contributed by atoms with Crippen molar-refractivity contribution in [2.75, 3.05) is 13.1 Å². The van der Waals surface area contributed by atoms with Gasteiger partial charge in [-0.3, -0.25) is 0 Å². The van der Waals surface area contributed by atoms with E-state index in [9.17, 15) is 9.18 Å². The summed E-state index contributed by atoms with van der Waals surface area (Å²) in [7, 11) is 0. The van der Waals surface area contributed by atoms with Crippen molar-refractivity contribution in [2.45, 2.75) is 38.4 Å². The second kappa shape index (κ2) is 4.20. The highest BCUT2D eigenvalue weighted by Crippen LogP contribution is 2.49. The molecule has 1 saturated carbocycles. The zero-order chi connectivity index (χ0) is 11.8. The number of nitrogens with one attached hydrogen (secondary N) is 2. The van der Waals surface area contributed by atoms with E-state index < -0.39 is 18.3 Å². The molecule has 92 valence electrons. The Hall–Kier alpha value is -0.840. The maximum Gasteiger partial charge on any atom is 0.404 e. The van der Waals surface area contributed by atoms with Crippen molar-refractivity contribution < 1.29 is 14.3 Å². The van der Waals surface area contributed by atoms with Crippen molar-refractivity contribution in [3.63, 3.8) is 0 Å². The van der Waals surface area contributed by atoms with Gasteiger partial charge >= 0.3 is 6.09 Å². The van der Waals surface area contributed by atoms with Gasteiger partial charge in [-0.05, 0) is 43.7 Å². The van der Waals surface area contributed by atoms with Crippen LogP contribution in [0.15, 0.2) is 0 Å². The molecule has 1 saturated heterocycles. The summed E-state index contributed by atoms with van der Waals surface area (Å²) in [6, 6.07) is -0.526. The Morgan fingerprint density at radius 1 is 1.50 bits per heavy atom. The van der Waals surface area contributed by atoms with Crippen molar-refractivity contribution in [1.82, 2.24) is 10.6 Å². The van der Waals surface area contributed by atoms with Crippen LogP contribution in [-0.4, -0.2) is 36.5 Å². The van der Waals surface area contributed by atoms with E-state index in [1.165, 1.54) is 0 Å². The van der Waals surface area contributed by atoms with Crippen LogP contribution in [0.2, 0.25) is 0 Å². The zero-order valence-corrected chi connectivity index (χ0v) is 9.50. The van der Waals surface area contributed by atoms with E-state index in [0.29, 0.717) is 0 Å². The molecule has 2 fully saturated rings. The lowest BCUT2D eigenvalue weighted by atomic mass is 9.74. The molecule has 0 aromatic heterocycles. The van der Waals surface area contributed by atoms with E-state index in [1.54, 1.807) is 0 Å². The number of hydrogen-bond donors (Lipinski definition) is 3. The topological polar surface area (TPSA) is 61.4 Å². The second-order valence-electron chi connectivity index (χ2n) is 5.17. The number of halogens is 1. The van der Waals surface area contributed by atoms with E-state index >= 15 is 0 Å². The third kappa shape index (κ3) is 1.88. The van der Waals surface area contributed by atoms with Gasteiger partial charge in [-0.2, -0.15) is 0 Å². The fraction of sp³-hybridized carbons (Fsp3) is 0.909. The van der Waals surface area contributed by atoms with Crippen LogP contribution >= 0.6 is 0 Å². The average Bonchev–Trinajstić information content (AvgIpc) is 2.44. The molecule has 0 unspecified atom stereocenters. The van der Waals surface area contributed by atoms with Crippen LogP contribution in [-0.2, 0) is 0 Å². The Morgan fingerprint density at radius 2 is 2.12 bits per heavy atom. The summed E-state index contributed by atoms with van der Waals surface area (Å²) in [6.45, 7) is 3.59. The first-order valence-corrected chi connectivity index (χ1v) is 5.89. The zero-order valence-electron chi connectivity index (χ0n) is 9.50. The molecule has 0 radical (unpaired) electrons.